The molecule has 5 heterocycles. The van der Waals surface area contributed by atoms with Gasteiger partial charge < -0.3 is 0 Å². The second kappa shape index (κ2) is 9.60. The molecular formula is C27H26F3N7OSe. The van der Waals surface area contributed by atoms with Crippen LogP contribution >= 0.6 is 0 Å². The van der Waals surface area contributed by atoms with Crippen molar-refractivity contribution in [3.63, 3.8) is 0 Å². The normalized spacial score (nSPS) is 14.1. The molecule has 6 rings (SSSR count). The van der Waals surface area contributed by atoms with E-state index in [0.717, 1.165) is 55.9 Å². The summed E-state index contributed by atoms with van der Waals surface area (Å²) in [5, 5.41) is 0.907. The molecule has 0 N–H and O–H groups in total. The van der Waals surface area contributed by atoms with Crippen LogP contribution in [0.15, 0.2) is 36.9 Å². The number of imidazole rings is 1. The van der Waals surface area contributed by atoms with E-state index in [4.69, 9.17) is 9.72 Å². The van der Waals surface area contributed by atoms with Gasteiger partial charge in [0.1, 0.15) is 0 Å². The van der Waals surface area contributed by atoms with Crippen LogP contribution in [0.2, 0.25) is 0 Å². The zero-order valence-electron chi connectivity index (χ0n) is 21.8. The Morgan fingerprint density at radius 2 is 1.92 bits per heavy atom. The van der Waals surface area contributed by atoms with Crippen LogP contribution in [-0.4, -0.2) is 55.7 Å². The van der Waals surface area contributed by atoms with E-state index in [2.05, 4.69) is 24.5 Å². The molecular weight excluding hydrogens is 574 g/mol. The van der Waals surface area contributed by atoms with E-state index in [1.807, 2.05) is 39.0 Å². The fraction of sp³-hybridized carbons (Fsp3) is 0.370. The minimum absolute atomic E-state index is 0.144. The number of hydrogen-bond acceptors (Lipinski definition) is 6. The third-order valence-electron chi connectivity index (χ3n) is 6.84. The summed E-state index contributed by atoms with van der Waals surface area (Å²) >= 11 is -0.185. The van der Waals surface area contributed by atoms with E-state index >= 15 is 0 Å². The van der Waals surface area contributed by atoms with Crippen LogP contribution in [0.4, 0.5) is 13.2 Å². The Labute approximate surface area is 228 Å². The summed E-state index contributed by atoms with van der Waals surface area (Å²) in [6.45, 7) is 6.30. The predicted octanol–water partition coefficient (Wildman–Crippen LogP) is 5.65. The Morgan fingerprint density at radius 3 is 2.62 bits per heavy atom. The second-order valence-electron chi connectivity index (χ2n) is 9.98. The first kappa shape index (κ1) is 25.8. The third-order valence-corrected chi connectivity index (χ3v) is 9.08. The first-order chi connectivity index (χ1) is 18.6. The number of hydrogen-bond donors (Lipinski definition) is 0. The molecule has 0 atom stereocenters. The Hall–Kier alpha value is -3.50. The van der Waals surface area contributed by atoms with Crippen molar-refractivity contribution in [2.75, 3.05) is 7.11 Å². The summed E-state index contributed by atoms with van der Waals surface area (Å²) < 4.78 is 51.4. The van der Waals surface area contributed by atoms with Crippen molar-refractivity contribution in [1.29, 1.82) is 0 Å². The van der Waals surface area contributed by atoms with Gasteiger partial charge in [0.15, 0.2) is 0 Å². The van der Waals surface area contributed by atoms with Crippen molar-refractivity contribution in [3.8, 4) is 27.5 Å². The van der Waals surface area contributed by atoms with Crippen LogP contribution in [0.1, 0.15) is 60.2 Å². The first-order valence-electron chi connectivity index (χ1n) is 12.6. The van der Waals surface area contributed by atoms with Crippen LogP contribution in [0.25, 0.3) is 32.7 Å². The van der Waals surface area contributed by atoms with Crippen LogP contribution in [0, 0.1) is 6.92 Å². The topological polar surface area (TPSA) is 83.5 Å². The van der Waals surface area contributed by atoms with Crippen molar-refractivity contribution in [2.45, 2.75) is 58.3 Å². The van der Waals surface area contributed by atoms with Crippen molar-refractivity contribution in [1.82, 2.24) is 34.1 Å². The molecule has 0 saturated heterocycles. The van der Waals surface area contributed by atoms with Gasteiger partial charge in [-0.15, -0.1) is 0 Å². The molecule has 1 aliphatic carbocycles. The van der Waals surface area contributed by atoms with Crippen molar-refractivity contribution >= 4 is 25.5 Å². The van der Waals surface area contributed by atoms with Gasteiger partial charge in [0, 0.05) is 0 Å². The number of nitrogens with zero attached hydrogens (tertiary/aromatic N) is 7. The molecule has 0 radical (unpaired) electrons. The van der Waals surface area contributed by atoms with Gasteiger partial charge in [0.25, 0.3) is 0 Å². The van der Waals surface area contributed by atoms with Crippen LogP contribution in [-0.2, 0) is 12.7 Å². The molecule has 0 unspecified atom stereocenters. The summed E-state index contributed by atoms with van der Waals surface area (Å²) in [6, 6.07) is 5.79. The van der Waals surface area contributed by atoms with Gasteiger partial charge in [-0.1, -0.05) is 0 Å². The van der Waals surface area contributed by atoms with Crippen molar-refractivity contribution in [2.24, 2.45) is 0 Å². The fourth-order valence-corrected chi connectivity index (χ4v) is 6.83. The molecule has 1 saturated carbocycles. The van der Waals surface area contributed by atoms with E-state index in [0.29, 0.717) is 30.0 Å². The van der Waals surface area contributed by atoms with E-state index in [1.165, 1.54) is 6.33 Å². The summed E-state index contributed by atoms with van der Waals surface area (Å²) in [6.07, 6.45) is 2.07. The average Bonchev–Trinajstić information content (AvgIpc) is 3.32. The molecule has 5 aromatic rings. The quantitative estimate of drug-likeness (QED) is 0.225. The molecule has 0 bridgehead atoms. The number of ether oxygens (including phenoxy) is 1. The number of aromatic nitrogens is 7. The average molecular weight is 601 g/mol. The number of fused-ring (bicyclic) bond motifs is 1. The minimum atomic E-state index is -4.48. The van der Waals surface area contributed by atoms with Crippen molar-refractivity contribution < 1.29 is 17.9 Å². The second-order valence-corrected chi connectivity index (χ2v) is 12.4. The van der Waals surface area contributed by atoms with E-state index in [9.17, 15) is 13.2 Å². The Morgan fingerprint density at radius 1 is 1.13 bits per heavy atom. The van der Waals surface area contributed by atoms with Crippen LogP contribution in [0.5, 0.6) is 5.88 Å². The number of rotatable bonds is 7. The molecule has 0 aliphatic heterocycles. The van der Waals surface area contributed by atoms with Gasteiger partial charge >= 0.3 is 229 Å². The zero-order chi connectivity index (χ0) is 27.5. The molecule has 1 fully saturated rings. The molecule has 202 valence electrons. The summed E-state index contributed by atoms with van der Waals surface area (Å²) in [5.41, 5.74) is 2.56. The summed E-state index contributed by atoms with van der Waals surface area (Å²) in [7, 11) is 1.58. The SMILES string of the molecule is COc1ncnc(C2CC2)c1-c1ncc2cc(C)n(Cc3ccc(-c4nc(C(F)(F)F)cn4C(C)C)[se]3)c2n1. The van der Waals surface area contributed by atoms with Gasteiger partial charge in [0.05, 0.1) is 0 Å². The van der Waals surface area contributed by atoms with Gasteiger partial charge in [-0.05, 0) is 0 Å². The van der Waals surface area contributed by atoms with Gasteiger partial charge in [-0.25, -0.2) is 0 Å². The summed E-state index contributed by atoms with van der Waals surface area (Å²) in [4.78, 5) is 22.4. The van der Waals surface area contributed by atoms with Crippen molar-refractivity contribution in [3.05, 3.63) is 58.4 Å². The number of alkyl halides is 3. The number of methoxy groups -OCH3 is 1. The monoisotopic (exact) mass is 601 g/mol. The van der Waals surface area contributed by atoms with Gasteiger partial charge in [-0.3, -0.25) is 0 Å². The van der Waals surface area contributed by atoms with Crippen LogP contribution in [0.3, 0.4) is 0 Å². The Bertz CT molecular complexity index is 1680. The first-order valence-corrected chi connectivity index (χ1v) is 14.3. The molecule has 0 aromatic carbocycles. The summed E-state index contributed by atoms with van der Waals surface area (Å²) in [5.74, 6) is 1.71. The maximum absolute atomic E-state index is 13.4. The molecule has 0 spiro atoms. The number of aryl methyl sites for hydroxylation is 1. The molecule has 8 nitrogen and oxygen atoms in total. The van der Waals surface area contributed by atoms with E-state index < -0.39 is 11.9 Å². The number of halogens is 3. The van der Waals surface area contributed by atoms with E-state index in [1.54, 1.807) is 17.9 Å². The Balaban J connectivity index is 1.38. The molecule has 12 heteroatoms. The third kappa shape index (κ3) is 4.76. The molecule has 5 aromatic heterocycles. The van der Waals surface area contributed by atoms with Gasteiger partial charge in [0.2, 0.25) is 0 Å². The maximum atomic E-state index is 13.4. The van der Waals surface area contributed by atoms with Gasteiger partial charge in [-0.2, -0.15) is 0 Å². The Kier molecular flexibility index (Phi) is 6.34. The molecule has 0 amide bonds. The van der Waals surface area contributed by atoms with Crippen LogP contribution < -0.4 is 4.74 Å². The predicted molar refractivity (Wildman–Crippen MR) is 141 cm³/mol. The zero-order valence-corrected chi connectivity index (χ0v) is 23.5. The fourth-order valence-electron chi connectivity index (χ4n) is 4.75. The molecule has 1 aliphatic rings. The van der Waals surface area contributed by atoms with E-state index in [-0.39, 0.29) is 20.5 Å². The molecule has 39 heavy (non-hydrogen) atoms. The standard InChI is InChI=1S/C27H26F3N7OSe/c1-14(2)36-12-20(27(28,29)30)34-25(36)19-8-7-18(39-19)11-37-15(3)9-17-10-31-23(35-24(17)37)21-22(16-5-6-16)32-13-33-26(21)38-4/h7-10,12-14,16H,5-6,11H2,1-4H3.